The summed E-state index contributed by atoms with van der Waals surface area (Å²) >= 11 is 1.38. The number of thioether (sulfide) groups is 1. The van der Waals surface area contributed by atoms with Crippen LogP contribution >= 0.6 is 11.8 Å². The van der Waals surface area contributed by atoms with E-state index < -0.39 is 23.1 Å². The number of nitrogens with one attached hydrogen (secondary N) is 1. The van der Waals surface area contributed by atoms with Crippen molar-refractivity contribution in [2.75, 3.05) is 12.8 Å². The molecule has 0 saturated carbocycles. The van der Waals surface area contributed by atoms with Crippen LogP contribution in [0, 0.1) is 11.6 Å². The molecule has 0 aromatic heterocycles. The molecule has 1 aromatic rings. The predicted molar refractivity (Wildman–Crippen MR) is 71.4 cm³/mol. The number of aliphatic carboxylic acids is 1. The lowest BCUT2D eigenvalue weighted by Crippen LogP contribution is -2.47. The number of benzene rings is 1. The molecule has 0 radical (unpaired) electrons. The van der Waals surface area contributed by atoms with E-state index in [4.69, 9.17) is 5.11 Å². The summed E-state index contributed by atoms with van der Waals surface area (Å²) < 4.78 is 25.7. The first kappa shape index (κ1) is 15.9. The topological polar surface area (TPSA) is 49.3 Å². The third kappa shape index (κ3) is 4.47. The number of hydrogen-bond donors (Lipinski definition) is 2. The first-order valence-electron chi connectivity index (χ1n) is 5.89. The zero-order valence-corrected chi connectivity index (χ0v) is 11.7. The van der Waals surface area contributed by atoms with Crippen molar-refractivity contribution in [1.82, 2.24) is 5.32 Å². The van der Waals surface area contributed by atoms with Gasteiger partial charge in [0.2, 0.25) is 0 Å². The molecule has 0 bridgehead atoms. The van der Waals surface area contributed by atoms with E-state index in [0.29, 0.717) is 23.5 Å². The maximum Gasteiger partial charge on any atom is 0.323 e. The molecule has 0 saturated heterocycles. The molecule has 3 nitrogen and oxygen atoms in total. The number of carbonyl (C=O) groups is 1. The van der Waals surface area contributed by atoms with Gasteiger partial charge in [-0.05, 0) is 50.8 Å². The van der Waals surface area contributed by atoms with Crippen molar-refractivity contribution >= 4 is 17.7 Å². The van der Waals surface area contributed by atoms with Gasteiger partial charge < -0.3 is 10.4 Å². The van der Waals surface area contributed by atoms with Gasteiger partial charge in [0.05, 0.1) is 0 Å². The quantitative estimate of drug-likeness (QED) is 0.598. The zero-order chi connectivity index (χ0) is 14.5. The van der Waals surface area contributed by atoms with E-state index in [1.165, 1.54) is 17.8 Å². The molecular formula is C13H17F2NO2S. The van der Waals surface area contributed by atoms with Gasteiger partial charge in [0, 0.05) is 4.90 Å². The Balaban J connectivity index is 2.42. The van der Waals surface area contributed by atoms with Crippen LogP contribution in [0.2, 0.25) is 0 Å². The molecule has 2 N–H and O–H groups in total. The summed E-state index contributed by atoms with van der Waals surface area (Å²) in [4.78, 5) is 11.7. The number of rotatable bonds is 7. The molecule has 0 spiro atoms. The second kappa shape index (κ2) is 6.86. The summed E-state index contributed by atoms with van der Waals surface area (Å²) in [7, 11) is 1.61. The molecule has 0 fully saturated rings. The molecule has 0 aliphatic rings. The van der Waals surface area contributed by atoms with Gasteiger partial charge in [-0.2, -0.15) is 0 Å². The van der Waals surface area contributed by atoms with E-state index >= 15 is 0 Å². The lowest BCUT2D eigenvalue weighted by atomic mass is 9.97. The van der Waals surface area contributed by atoms with Crippen molar-refractivity contribution in [3.63, 3.8) is 0 Å². The van der Waals surface area contributed by atoms with Gasteiger partial charge in [0.1, 0.15) is 5.54 Å². The Morgan fingerprint density at radius 1 is 1.42 bits per heavy atom. The Bertz CT molecular complexity index is 456. The van der Waals surface area contributed by atoms with E-state index in [1.807, 2.05) is 0 Å². The summed E-state index contributed by atoms with van der Waals surface area (Å²) in [5.74, 6) is -1.98. The van der Waals surface area contributed by atoms with Crippen LogP contribution in [0.3, 0.4) is 0 Å². The van der Waals surface area contributed by atoms with Gasteiger partial charge in [-0.25, -0.2) is 8.78 Å². The first-order valence-corrected chi connectivity index (χ1v) is 6.88. The van der Waals surface area contributed by atoms with Crippen molar-refractivity contribution < 1.29 is 18.7 Å². The minimum atomic E-state index is -0.950. The largest absolute Gasteiger partial charge is 0.480 e. The number of halogens is 2. The maximum absolute atomic E-state index is 13.0. The molecule has 0 heterocycles. The average molecular weight is 289 g/mol. The second-order valence-corrected chi connectivity index (χ2v) is 5.58. The fourth-order valence-electron chi connectivity index (χ4n) is 1.52. The Morgan fingerprint density at radius 3 is 2.63 bits per heavy atom. The molecule has 19 heavy (non-hydrogen) atoms. The first-order chi connectivity index (χ1) is 8.89. The highest BCUT2D eigenvalue weighted by atomic mass is 32.2. The molecule has 1 aromatic carbocycles. The van der Waals surface area contributed by atoms with Gasteiger partial charge >= 0.3 is 5.97 Å². The van der Waals surface area contributed by atoms with Crippen LogP contribution in [0.1, 0.15) is 19.8 Å². The normalized spacial score (nSPS) is 14.1. The lowest BCUT2D eigenvalue weighted by molar-refractivity contribution is -0.144. The molecule has 106 valence electrons. The van der Waals surface area contributed by atoms with Gasteiger partial charge in [0.15, 0.2) is 11.6 Å². The second-order valence-electron chi connectivity index (χ2n) is 4.42. The van der Waals surface area contributed by atoms with Crippen molar-refractivity contribution in [3.8, 4) is 0 Å². The van der Waals surface area contributed by atoms with Crippen LogP contribution in [-0.2, 0) is 4.79 Å². The SMILES string of the molecule is CNC(C)(CCCSc1ccc(F)c(F)c1)C(=O)O. The van der Waals surface area contributed by atoms with Crippen LogP contribution in [0.5, 0.6) is 0 Å². The summed E-state index contributed by atoms with van der Waals surface area (Å²) in [6.45, 7) is 1.62. The van der Waals surface area contributed by atoms with Gasteiger partial charge in [-0.3, -0.25) is 4.79 Å². The van der Waals surface area contributed by atoms with E-state index in [-0.39, 0.29) is 0 Å². The van der Waals surface area contributed by atoms with Crippen LogP contribution in [-0.4, -0.2) is 29.4 Å². The third-order valence-electron chi connectivity index (χ3n) is 3.00. The summed E-state index contributed by atoms with van der Waals surface area (Å²) in [5.41, 5.74) is -0.950. The van der Waals surface area contributed by atoms with Gasteiger partial charge in [0.25, 0.3) is 0 Å². The fourth-order valence-corrected chi connectivity index (χ4v) is 2.40. The molecule has 0 aliphatic carbocycles. The lowest BCUT2D eigenvalue weighted by Gasteiger charge is -2.23. The Labute approximate surface area is 115 Å². The summed E-state index contributed by atoms with van der Waals surface area (Å²) in [6.07, 6.45) is 1.13. The van der Waals surface area contributed by atoms with Crippen molar-refractivity contribution in [2.24, 2.45) is 0 Å². The standard InChI is InChI=1S/C13H17F2NO2S/c1-13(16-2,12(17)18)6-3-7-19-9-4-5-10(14)11(15)8-9/h4-5,8,16H,3,6-7H2,1-2H3,(H,17,18). The predicted octanol–water partition coefficient (Wildman–Crippen LogP) is 2.90. The van der Waals surface area contributed by atoms with E-state index in [0.717, 1.165) is 12.1 Å². The molecule has 0 amide bonds. The minimum Gasteiger partial charge on any atom is -0.480 e. The summed E-state index contributed by atoms with van der Waals surface area (Å²) in [6, 6.07) is 3.75. The Morgan fingerprint density at radius 2 is 2.11 bits per heavy atom. The van der Waals surface area contributed by atoms with Crippen LogP contribution in [0.25, 0.3) is 0 Å². The number of carboxylic acid groups (broad SMARTS) is 1. The molecular weight excluding hydrogens is 272 g/mol. The Kier molecular flexibility index (Phi) is 5.75. The van der Waals surface area contributed by atoms with Crippen LogP contribution in [0.15, 0.2) is 23.1 Å². The Hall–Kier alpha value is -1.14. The smallest absolute Gasteiger partial charge is 0.323 e. The summed E-state index contributed by atoms with van der Waals surface area (Å²) in [5, 5.41) is 11.8. The average Bonchev–Trinajstić information content (AvgIpc) is 2.38. The molecule has 6 heteroatoms. The van der Waals surface area contributed by atoms with E-state index in [1.54, 1.807) is 14.0 Å². The van der Waals surface area contributed by atoms with Crippen LogP contribution < -0.4 is 5.32 Å². The molecule has 0 aliphatic heterocycles. The molecule has 1 rings (SSSR count). The third-order valence-corrected chi connectivity index (χ3v) is 4.08. The zero-order valence-electron chi connectivity index (χ0n) is 10.9. The highest BCUT2D eigenvalue weighted by Gasteiger charge is 2.30. The number of likely N-dealkylation sites (N-methyl/N-ethyl adjacent to an activating group) is 1. The minimum absolute atomic E-state index is 0.468. The van der Waals surface area contributed by atoms with Crippen molar-refractivity contribution in [3.05, 3.63) is 29.8 Å². The highest BCUT2D eigenvalue weighted by molar-refractivity contribution is 7.99. The fraction of sp³-hybridized carbons (Fsp3) is 0.462. The molecule has 1 unspecified atom stereocenters. The maximum atomic E-state index is 13.0. The van der Waals surface area contributed by atoms with Gasteiger partial charge in [-0.1, -0.05) is 0 Å². The van der Waals surface area contributed by atoms with Crippen LogP contribution in [0.4, 0.5) is 8.78 Å². The monoisotopic (exact) mass is 289 g/mol. The van der Waals surface area contributed by atoms with E-state index in [2.05, 4.69) is 5.32 Å². The highest BCUT2D eigenvalue weighted by Crippen LogP contribution is 2.23. The van der Waals surface area contributed by atoms with Crippen molar-refractivity contribution in [2.45, 2.75) is 30.2 Å². The van der Waals surface area contributed by atoms with Gasteiger partial charge in [-0.15, -0.1) is 11.8 Å². The number of carboxylic acids is 1. The number of hydrogen-bond acceptors (Lipinski definition) is 3. The molecule has 1 atom stereocenters. The van der Waals surface area contributed by atoms with E-state index in [9.17, 15) is 13.6 Å². The van der Waals surface area contributed by atoms with Crippen molar-refractivity contribution in [1.29, 1.82) is 0 Å².